The Hall–Kier alpha value is -0.570. The molecule has 0 saturated carbocycles. The summed E-state index contributed by atoms with van der Waals surface area (Å²) in [5.74, 6) is 0.862. The molecule has 0 aromatic carbocycles. The molecule has 0 radical (unpaired) electrons. The van der Waals surface area contributed by atoms with Gasteiger partial charge in [0.25, 0.3) is 0 Å². The first-order valence-corrected chi connectivity index (χ1v) is 6.86. The van der Waals surface area contributed by atoms with Crippen LogP contribution in [0.1, 0.15) is 54.4 Å². The lowest BCUT2D eigenvalue weighted by Gasteiger charge is -2.35. The highest BCUT2D eigenvalue weighted by atomic mass is 16.2. The van der Waals surface area contributed by atoms with Gasteiger partial charge in [0.2, 0.25) is 5.91 Å². The highest BCUT2D eigenvalue weighted by Crippen LogP contribution is 2.29. The molecule has 3 heteroatoms. The van der Waals surface area contributed by atoms with Crippen molar-refractivity contribution in [2.75, 3.05) is 6.54 Å². The zero-order chi connectivity index (χ0) is 13.2. The average molecular weight is 240 g/mol. The third-order valence-electron chi connectivity index (χ3n) is 4.21. The van der Waals surface area contributed by atoms with Crippen LogP contribution in [0.25, 0.3) is 0 Å². The predicted octanol–water partition coefficient (Wildman–Crippen LogP) is 2.62. The number of nitrogens with zero attached hydrogens (tertiary/aromatic N) is 1. The zero-order valence-electron chi connectivity index (χ0n) is 12.2. The molecular weight excluding hydrogens is 212 g/mol. The van der Waals surface area contributed by atoms with Crippen molar-refractivity contribution in [2.24, 2.45) is 11.3 Å². The first-order valence-electron chi connectivity index (χ1n) is 6.86. The molecule has 1 saturated heterocycles. The molecule has 1 amide bonds. The van der Waals surface area contributed by atoms with Crippen LogP contribution in [0.3, 0.4) is 0 Å². The van der Waals surface area contributed by atoms with Gasteiger partial charge in [0.05, 0.1) is 12.2 Å². The minimum atomic E-state index is 0.0398. The number of amides is 1. The van der Waals surface area contributed by atoms with Crippen LogP contribution in [0, 0.1) is 11.3 Å². The van der Waals surface area contributed by atoms with Gasteiger partial charge in [-0.2, -0.15) is 0 Å². The normalized spacial score (nSPS) is 26.1. The molecule has 1 heterocycles. The van der Waals surface area contributed by atoms with Gasteiger partial charge in [-0.15, -0.1) is 0 Å². The maximum Gasteiger partial charge on any atom is 0.241 e. The van der Waals surface area contributed by atoms with Gasteiger partial charge >= 0.3 is 0 Å². The fourth-order valence-corrected chi connectivity index (χ4v) is 2.18. The van der Waals surface area contributed by atoms with Gasteiger partial charge in [-0.1, -0.05) is 41.0 Å². The monoisotopic (exact) mass is 240 g/mol. The number of carbonyl (C=O) groups excluding carboxylic acids is 1. The summed E-state index contributed by atoms with van der Waals surface area (Å²) in [7, 11) is 0. The highest BCUT2D eigenvalue weighted by Gasteiger charge is 2.39. The number of hydrogen-bond donors (Lipinski definition) is 1. The second-order valence-electron chi connectivity index (χ2n) is 6.29. The van der Waals surface area contributed by atoms with E-state index in [1.54, 1.807) is 0 Å². The SMILES string of the molecule is CCCC1NC(C)N(CC(C)(C)C(C)C)C1=O. The second kappa shape index (κ2) is 5.38. The number of hydrogen-bond acceptors (Lipinski definition) is 2. The smallest absolute Gasteiger partial charge is 0.241 e. The van der Waals surface area contributed by atoms with E-state index in [0.717, 1.165) is 19.4 Å². The molecule has 3 nitrogen and oxygen atoms in total. The second-order valence-corrected chi connectivity index (χ2v) is 6.29. The van der Waals surface area contributed by atoms with Crippen molar-refractivity contribution in [3.8, 4) is 0 Å². The molecule has 0 aromatic rings. The third kappa shape index (κ3) is 3.21. The van der Waals surface area contributed by atoms with Crippen molar-refractivity contribution in [2.45, 2.75) is 66.6 Å². The molecule has 0 aromatic heterocycles. The minimum Gasteiger partial charge on any atom is -0.326 e. The lowest BCUT2D eigenvalue weighted by Crippen LogP contribution is -2.43. The van der Waals surface area contributed by atoms with Gasteiger partial charge in [0.1, 0.15) is 0 Å². The topological polar surface area (TPSA) is 32.3 Å². The molecule has 2 unspecified atom stereocenters. The molecule has 0 bridgehead atoms. The summed E-state index contributed by atoms with van der Waals surface area (Å²) in [6, 6.07) is 0.0398. The van der Waals surface area contributed by atoms with E-state index >= 15 is 0 Å². The number of rotatable bonds is 5. The Labute approximate surface area is 106 Å². The summed E-state index contributed by atoms with van der Waals surface area (Å²) in [6.07, 6.45) is 2.18. The highest BCUT2D eigenvalue weighted by molar-refractivity contribution is 5.84. The fraction of sp³-hybridized carbons (Fsp3) is 0.929. The van der Waals surface area contributed by atoms with E-state index < -0.39 is 0 Å². The van der Waals surface area contributed by atoms with E-state index in [4.69, 9.17) is 0 Å². The summed E-state index contributed by atoms with van der Waals surface area (Å²) < 4.78 is 0. The van der Waals surface area contributed by atoms with Crippen LogP contribution in [0.15, 0.2) is 0 Å². The van der Waals surface area contributed by atoms with Crippen LogP contribution in [0.2, 0.25) is 0 Å². The van der Waals surface area contributed by atoms with E-state index in [1.807, 2.05) is 4.90 Å². The van der Waals surface area contributed by atoms with E-state index in [0.29, 0.717) is 5.92 Å². The van der Waals surface area contributed by atoms with E-state index in [1.165, 1.54) is 0 Å². The van der Waals surface area contributed by atoms with Crippen LogP contribution in [0.4, 0.5) is 0 Å². The molecule has 2 atom stereocenters. The first kappa shape index (κ1) is 14.5. The molecule has 1 N–H and O–H groups in total. The molecule has 1 fully saturated rings. The molecule has 0 aliphatic carbocycles. The zero-order valence-corrected chi connectivity index (χ0v) is 12.2. The maximum absolute atomic E-state index is 12.3. The lowest BCUT2D eigenvalue weighted by atomic mass is 9.80. The van der Waals surface area contributed by atoms with Crippen LogP contribution < -0.4 is 5.32 Å². The summed E-state index contributed by atoms with van der Waals surface area (Å²) in [5.41, 5.74) is 0.173. The van der Waals surface area contributed by atoms with E-state index in [9.17, 15) is 4.79 Å². The van der Waals surface area contributed by atoms with Crippen molar-refractivity contribution in [1.29, 1.82) is 0 Å². The summed E-state index contributed by atoms with van der Waals surface area (Å²) in [4.78, 5) is 14.3. The Morgan fingerprint density at radius 1 is 1.41 bits per heavy atom. The van der Waals surface area contributed by atoms with Crippen molar-refractivity contribution < 1.29 is 4.79 Å². The van der Waals surface area contributed by atoms with Crippen molar-refractivity contribution >= 4 is 5.91 Å². The third-order valence-corrected chi connectivity index (χ3v) is 4.21. The van der Waals surface area contributed by atoms with Gasteiger partial charge in [-0.3, -0.25) is 10.1 Å². The predicted molar refractivity (Wildman–Crippen MR) is 71.6 cm³/mol. The standard InChI is InChI=1S/C14H28N2O/c1-7-8-12-13(17)16(11(4)15-12)9-14(5,6)10(2)3/h10-12,15H,7-9H2,1-6H3. The Kier molecular flexibility index (Phi) is 4.59. The Morgan fingerprint density at radius 2 is 2.00 bits per heavy atom. The first-order chi connectivity index (χ1) is 7.79. The largest absolute Gasteiger partial charge is 0.326 e. The minimum absolute atomic E-state index is 0.0398. The molecule has 0 spiro atoms. The van der Waals surface area contributed by atoms with Gasteiger partial charge in [-0.25, -0.2) is 0 Å². The summed E-state index contributed by atoms with van der Waals surface area (Å²) in [5, 5.41) is 3.39. The van der Waals surface area contributed by atoms with Gasteiger partial charge in [-0.05, 0) is 24.7 Å². The van der Waals surface area contributed by atoms with Crippen LogP contribution in [0.5, 0.6) is 0 Å². The maximum atomic E-state index is 12.3. The van der Waals surface area contributed by atoms with Gasteiger partial charge < -0.3 is 4.90 Å². The summed E-state index contributed by atoms with van der Waals surface area (Å²) >= 11 is 0. The molecule has 1 rings (SSSR count). The van der Waals surface area contributed by atoms with Crippen LogP contribution >= 0.6 is 0 Å². The molecular formula is C14H28N2O. The van der Waals surface area contributed by atoms with E-state index in [-0.39, 0.29) is 23.5 Å². The van der Waals surface area contributed by atoms with Crippen molar-refractivity contribution in [1.82, 2.24) is 10.2 Å². The van der Waals surface area contributed by atoms with Crippen LogP contribution in [-0.2, 0) is 4.79 Å². The Morgan fingerprint density at radius 3 is 2.47 bits per heavy atom. The summed E-state index contributed by atoms with van der Waals surface area (Å²) in [6.45, 7) is 14.0. The molecule has 100 valence electrons. The van der Waals surface area contributed by atoms with Gasteiger partial charge in [0, 0.05) is 6.54 Å². The van der Waals surface area contributed by atoms with E-state index in [2.05, 4.69) is 46.9 Å². The quantitative estimate of drug-likeness (QED) is 0.801. The number of nitrogens with one attached hydrogen (secondary N) is 1. The molecule has 17 heavy (non-hydrogen) atoms. The van der Waals surface area contributed by atoms with Crippen LogP contribution in [-0.4, -0.2) is 29.6 Å². The Bertz CT molecular complexity index is 273. The van der Waals surface area contributed by atoms with Crippen molar-refractivity contribution in [3.63, 3.8) is 0 Å². The average Bonchev–Trinajstić information content (AvgIpc) is 2.46. The molecule has 1 aliphatic rings. The van der Waals surface area contributed by atoms with Gasteiger partial charge in [0.15, 0.2) is 0 Å². The number of carbonyl (C=O) groups is 1. The lowest BCUT2D eigenvalue weighted by molar-refractivity contribution is -0.131. The Balaban J connectivity index is 2.69. The fourth-order valence-electron chi connectivity index (χ4n) is 2.18. The van der Waals surface area contributed by atoms with Crippen molar-refractivity contribution in [3.05, 3.63) is 0 Å². The molecule has 1 aliphatic heterocycles.